The number of rotatable bonds is 4. The SMILES string of the molecule is N#Cc1ccccc1OCC(=O)Oc1cccc(I)c1. The van der Waals surface area contributed by atoms with Gasteiger partial charge in [0, 0.05) is 3.57 Å². The lowest BCUT2D eigenvalue weighted by atomic mass is 10.2. The van der Waals surface area contributed by atoms with Gasteiger partial charge in [-0.25, -0.2) is 4.79 Å². The molecule has 5 heteroatoms. The van der Waals surface area contributed by atoms with Crippen LogP contribution in [0.15, 0.2) is 48.5 Å². The molecule has 0 amide bonds. The first kappa shape index (κ1) is 14.3. The number of esters is 1. The van der Waals surface area contributed by atoms with E-state index >= 15 is 0 Å². The highest BCUT2D eigenvalue weighted by Gasteiger charge is 2.08. The zero-order chi connectivity index (χ0) is 14.4. The molecule has 2 aromatic rings. The predicted molar refractivity (Wildman–Crippen MR) is 81.4 cm³/mol. The third-order valence-corrected chi connectivity index (χ3v) is 3.05. The summed E-state index contributed by atoms with van der Waals surface area (Å²) in [6.07, 6.45) is 0. The number of ether oxygens (including phenoxy) is 2. The van der Waals surface area contributed by atoms with Crippen molar-refractivity contribution in [2.24, 2.45) is 0 Å². The lowest BCUT2D eigenvalue weighted by Gasteiger charge is -2.07. The Bertz CT molecular complexity index is 664. The molecule has 20 heavy (non-hydrogen) atoms. The van der Waals surface area contributed by atoms with Gasteiger partial charge in [0.1, 0.15) is 17.6 Å². The van der Waals surface area contributed by atoms with Crippen LogP contribution in [0.4, 0.5) is 0 Å². The van der Waals surface area contributed by atoms with Gasteiger partial charge >= 0.3 is 5.97 Å². The molecule has 4 nitrogen and oxygen atoms in total. The summed E-state index contributed by atoms with van der Waals surface area (Å²) in [5, 5.41) is 8.90. The van der Waals surface area contributed by atoms with Crippen molar-refractivity contribution in [3.8, 4) is 17.6 Å². The Balaban J connectivity index is 1.94. The molecule has 0 radical (unpaired) electrons. The first-order chi connectivity index (χ1) is 9.69. The van der Waals surface area contributed by atoms with Crippen molar-refractivity contribution in [2.75, 3.05) is 6.61 Å². The molecule has 0 bridgehead atoms. The van der Waals surface area contributed by atoms with Crippen LogP contribution in [-0.2, 0) is 4.79 Å². The quantitative estimate of drug-likeness (QED) is 0.465. The van der Waals surface area contributed by atoms with Gasteiger partial charge in [-0.1, -0.05) is 18.2 Å². The zero-order valence-corrected chi connectivity index (χ0v) is 12.5. The van der Waals surface area contributed by atoms with E-state index in [1.54, 1.807) is 42.5 Å². The van der Waals surface area contributed by atoms with E-state index in [2.05, 4.69) is 22.6 Å². The summed E-state index contributed by atoms with van der Waals surface area (Å²) < 4.78 is 11.4. The molecule has 0 aliphatic heterocycles. The predicted octanol–water partition coefficient (Wildman–Crippen LogP) is 3.15. The molecule has 0 saturated heterocycles. The molecule has 0 atom stereocenters. The molecule has 0 unspecified atom stereocenters. The highest BCUT2D eigenvalue weighted by atomic mass is 127. The van der Waals surface area contributed by atoms with E-state index in [-0.39, 0.29) is 6.61 Å². The Morgan fingerprint density at radius 2 is 2.00 bits per heavy atom. The number of benzene rings is 2. The van der Waals surface area contributed by atoms with Gasteiger partial charge in [-0.15, -0.1) is 0 Å². The van der Waals surface area contributed by atoms with Crippen molar-refractivity contribution < 1.29 is 14.3 Å². The number of hydrogen-bond donors (Lipinski definition) is 0. The fraction of sp³-hybridized carbons (Fsp3) is 0.0667. The maximum absolute atomic E-state index is 11.7. The minimum Gasteiger partial charge on any atom is -0.481 e. The van der Waals surface area contributed by atoms with E-state index in [4.69, 9.17) is 14.7 Å². The number of hydrogen-bond acceptors (Lipinski definition) is 4. The van der Waals surface area contributed by atoms with E-state index in [0.717, 1.165) is 3.57 Å². The van der Waals surface area contributed by atoms with Crippen molar-refractivity contribution in [3.63, 3.8) is 0 Å². The van der Waals surface area contributed by atoms with Gasteiger partial charge in [0.25, 0.3) is 0 Å². The molecule has 0 spiro atoms. The third kappa shape index (κ3) is 3.96. The fourth-order valence-corrected chi connectivity index (χ4v) is 2.03. The van der Waals surface area contributed by atoms with Crippen LogP contribution in [-0.4, -0.2) is 12.6 Å². The molecule has 0 aliphatic rings. The Kier molecular flexibility index (Phi) is 4.96. The van der Waals surface area contributed by atoms with E-state index < -0.39 is 5.97 Å². The van der Waals surface area contributed by atoms with Crippen LogP contribution in [0.25, 0.3) is 0 Å². The van der Waals surface area contributed by atoms with Gasteiger partial charge in [-0.3, -0.25) is 0 Å². The smallest absolute Gasteiger partial charge is 0.349 e. The fourth-order valence-electron chi connectivity index (χ4n) is 1.51. The van der Waals surface area contributed by atoms with Crippen LogP contribution >= 0.6 is 22.6 Å². The molecular weight excluding hydrogens is 369 g/mol. The van der Waals surface area contributed by atoms with Crippen molar-refractivity contribution >= 4 is 28.6 Å². The number of para-hydroxylation sites is 1. The monoisotopic (exact) mass is 379 g/mol. The average molecular weight is 379 g/mol. The van der Waals surface area contributed by atoms with Crippen LogP contribution in [0, 0.1) is 14.9 Å². The molecule has 0 N–H and O–H groups in total. The molecule has 100 valence electrons. The second-order valence-electron chi connectivity index (χ2n) is 3.83. The summed E-state index contributed by atoms with van der Waals surface area (Å²) in [6.45, 7) is -0.246. The maximum Gasteiger partial charge on any atom is 0.349 e. The lowest BCUT2D eigenvalue weighted by molar-refractivity contribution is -0.136. The van der Waals surface area contributed by atoms with Crippen LogP contribution in [0.5, 0.6) is 11.5 Å². The lowest BCUT2D eigenvalue weighted by Crippen LogP contribution is -2.18. The number of carbonyl (C=O) groups is 1. The van der Waals surface area contributed by atoms with Gasteiger partial charge in [0.2, 0.25) is 0 Å². The Hall–Kier alpha value is -2.07. The molecular formula is C15H10INO3. The largest absolute Gasteiger partial charge is 0.481 e. The highest BCUT2D eigenvalue weighted by molar-refractivity contribution is 14.1. The standard InChI is InChI=1S/C15H10INO3/c16-12-5-3-6-13(8-12)20-15(18)10-19-14-7-2-1-4-11(14)9-17/h1-8H,10H2. The zero-order valence-electron chi connectivity index (χ0n) is 10.4. The van der Waals surface area contributed by atoms with Crippen LogP contribution in [0.2, 0.25) is 0 Å². The van der Waals surface area contributed by atoms with Crippen LogP contribution < -0.4 is 9.47 Å². The topological polar surface area (TPSA) is 59.3 Å². The molecule has 2 aromatic carbocycles. The molecule has 0 fully saturated rings. The Labute approximate surface area is 130 Å². The van der Waals surface area contributed by atoms with E-state index in [9.17, 15) is 4.79 Å². The molecule has 2 rings (SSSR count). The van der Waals surface area contributed by atoms with Gasteiger partial charge in [-0.05, 0) is 52.9 Å². The van der Waals surface area contributed by atoms with E-state index in [0.29, 0.717) is 17.1 Å². The van der Waals surface area contributed by atoms with Crippen molar-refractivity contribution in [1.82, 2.24) is 0 Å². The summed E-state index contributed by atoms with van der Waals surface area (Å²) in [5.41, 5.74) is 0.384. The Morgan fingerprint density at radius 3 is 2.75 bits per heavy atom. The summed E-state index contributed by atoms with van der Waals surface area (Å²) in [4.78, 5) is 11.7. The van der Waals surface area contributed by atoms with E-state index in [1.807, 2.05) is 12.1 Å². The molecule has 0 aromatic heterocycles. The average Bonchev–Trinajstić information content (AvgIpc) is 2.45. The first-order valence-corrected chi connectivity index (χ1v) is 6.85. The van der Waals surface area contributed by atoms with E-state index in [1.165, 1.54) is 0 Å². The molecule has 0 heterocycles. The Morgan fingerprint density at radius 1 is 1.20 bits per heavy atom. The normalized spacial score (nSPS) is 9.60. The third-order valence-electron chi connectivity index (χ3n) is 2.38. The van der Waals surface area contributed by atoms with Gasteiger partial charge in [-0.2, -0.15) is 5.26 Å². The van der Waals surface area contributed by atoms with Crippen LogP contribution in [0.3, 0.4) is 0 Å². The minimum absolute atomic E-state index is 0.246. The number of halogens is 1. The number of carbonyl (C=O) groups excluding carboxylic acids is 1. The van der Waals surface area contributed by atoms with Crippen LogP contribution in [0.1, 0.15) is 5.56 Å². The highest BCUT2D eigenvalue weighted by Crippen LogP contribution is 2.17. The van der Waals surface area contributed by atoms with Gasteiger partial charge in [0.05, 0.1) is 5.56 Å². The van der Waals surface area contributed by atoms with Crippen molar-refractivity contribution in [3.05, 3.63) is 57.7 Å². The van der Waals surface area contributed by atoms with Gasteiger partial charge in [0.15, 0.2) is 6.61 Å². The summed E-state index contributed by atoms with van der Waals surface area (Å²) >= 11 is 2.13. The second-order valence-corrected chi connectivity index (χ2v) is 5.07. The minimum atomic E-state index is -0.514. The maximum atomic E-state index is 11.7. The number of nitrogens with zero attached hydrogens (tertiary/aromatic N) is 1. The summed E-state index contributed by atoms with van der Waals surface area (Å²) in [7, 11) is 0. The summed E-state index contributed by atoms with van der Waals surface area (Å²) in [6, 6.07) is 15.9. The molecule has 0 saturated carbocycles. The second kappa shape index (κ2) is 6.91. The molecule has 0 aliphatic carbocycles. The first-order valence-electron chi connectivity index (χ1n) is 5.77. The number of nitriles is 1. The van der Waals surface area contributed by atoms with Gasteiger partial charge < -0.3 is 9.47 Å². The van der Waals surface area contributed by atoms with Crippen molar-refractivity contribution in [1.29, 1.82) is 5.26 Å². The van der Waals surface area contributed by atoms with Crippen molar-refractivity contribution in [2.45, 2.75) is 0 Å². The summed E-state index contributed by atoms with van der Waals surface area (Å²) in [5.74, 6) is 0.327.